The lowest BCUT2D eigenvalue weighted by Gasteiger charge is -2.13. The Bertz CT molecular complexity index is 887. The average Bonchev–Trinajstić information content (AvgIpc) is 2.89. The number of aliphatic hydroxyl groups excluding tert-OH is 1. The fraction of sp³-hybridized carbons (Fsp3) is 0.333. The minimum absolute atomic E-state index is 0.0127. The molecule has 0 spiro atoms. The fourth-order valence-corrected chi connectivity index (χ4v) is 2.84. The summed E-state index contributed by atoms with van der Waals surface area (Å²) in [4.78, 5) is 37.9. The van der Waals surface area contributed by atoms with Gasteiger partial charge in [0.15, 0.2) is 6.10 Å². The average molecular weight is 375 g/mol. The van der Waals surface area contributed by atoms with E-state index in [1.165, 1.54) is 25.1 Å². The van der Waals surface area contributed by atoms with Gasteiger partial charge in [-0.1, -0.05) is 12.1 Å². The topological polar surface area (TPSA) is 135 Å². The highest BCUT2D eigenvalue weighted by atomic mass is 16.6. The molecule has 1 heterocycles. The predicted octanol–water partition coefficient (Wildman–Crippen LogP) is 2.78. The molecule has 0 unspecified atom stereocenters. The molecule has 0 fully saturated rings. The summed E-state index contributed by atoms with van der Waals surface area (Å²) in [5.41, 5.74) is 1.67. The molecule has 0 aliphatic carbocycles. The maximum absolute atomic E-state index is 12.4. The molecule has 0 bridgehead atoms. The number of nitro benzene ring substituents is 1. The fourth-order valence-electron chi connectivity index (χ4n) is 2.84. The first-order chi connectivity index (χ1) is 12.6. The maximum atomic E-state index is 12.4. The number of benzene rings is 1. The van der Waals surface area contributed by atoms with Crippen LogP contribution in [0.5, 0.6) is 0 Å². The summed E-state index contributed by atoms with van der Waals surface area (Å²) >= 11 is 0. The van der Waals surface area contributed by atoms with Crippen molar-refractivity contribution in [2.75, 3.05) is 5.32 Å². The van der Waals surface area contributed by atoms with Crippen LogP contribution >= 0.6 is 0 Å². The molecule has 9 nitrogen and oxygen atoms in total. The van der Waals surface area contributed by atoms with Gasteiger partial charge in [-0.2, -0.15) is 0 Å². The van der Waals surface area contributed by atoms with Crippen LogP contribution in [-0.4, -0.2) is 33.0 Å². The lowest BCUT2D eigenvalue weighted by molar-refractivity contribution is -0.383. The standard InChI is InChI=1S/C18H21N3O6/c1-9-15(11(3)22)10(2)19-16(9)18(24)27-12(4)17(23)20-13-7-5-6-8-14(13)21(25)26/h5-8,11-12,19,22H,1-4H3,(H,20,23)/t11-,12-/m0/s1. The van der Waals surface area contributed by atoms with E-state index < -0.39 is 29.0 Å². The highest BCUT2D eigenvalue weighted by Gasteiger charge is 2.25. The highest BCUT2D eigenvalue weighted by Crippen LogP contribution is 2.26. The van der Waals surface area contributed by atoms with Crippen LogP contribution in [0.1, 0.15) is 47.3 Å². The van der Waals surface area contributed by atoms with Gasteiger partial charge in [0.05, 0.1) is 11.0 Å². The number of aromatic amines is 1. The third-order valence-electron chi connectivity index (χ3n) is 4.13. The number of hydrogen-bond acceptors (Lipinski definition) is 6. The van der Waals surface area contributed by atoms with Gasteiger partial charge < -0.3 is 20.1 Å². The Morgan fingerprint density at radius 1 is 1.26 bits per heavy atom. The van der Waals surface area contributed by atoms with Crippen molar-refractivity contribution in [3.05, 3.63) is 56.9 Å². The van der Waals surface area contributed by atoms with E-state index in [0.29, 0.717) is 16.8 Å². The smallest absolute Gasteiger partial charge is 0.355 e. The largest absolute Gasteiger partial charge is 0.448 e. The zero-order valence-electron chi connectivity index (χ0n) is 15.4. The first-order valence-electron chi connectivity index (χ1n) is 8.25. The summed E-state index contributed by atoms with van der Waals surface area (Å²) in [5.74, 6) is -1.46. The molecule has 0 saturated heterocycles. The number of nitrogens with zero attached hydrogens (tertiary/aromatic N) is 1. The number of amides is 1. The monoisotopic (exact) mass is 375 g/mol. The van der Waals surface area contributed by atoms with E-state index in [-0.39, 0.29) is 17.1 Å². The molecule has 2 atom stereocenters. The zero-order chi connectivity index (χ0) is 20.3. The molecule has 0 radical (unpaired) electrons. The van der Waals surface area contributed by atoms with Crippen molar-refractivity contribution in [3.8, 4) is 0 Å². The second-order valence-corrected chi connectivity index (χ2v) is 6.15. The Morgan fingerprint density at radius 3 is 2.44 bits per heavy atom. The van der Waals surface area contributed by atoms with Crippen molar-refractivity contribution in [1.82, 2.24) is 4.98 Å². The quantitative estimate of drug-likeness (QED) is 0.404. The van der Waals surface area contributed by atoms with E-state index >= 15 is 0 Å². The molecule has 1 aromatic carbocycles. The molecule has 2 rings (SSSR count). The van der Waals surface area contributed by atoms with Crippen molar-refractivity contribution in [2.24, 2.45) is 0 Å². The molecule has 0 aliphatic rings. The van der Waals surface area contributed by atoms with Crippen LogP contribution < -0.4 is 5.32 Å². The number of carbonyl (C=O) groups excluding carboxylic acids is 2. The van der Waals surface area contributed by atoms with Gasteiger partial charge in [-0.05, 0) is 39.3 Å². The number of para-hydroxylation sites is 2. The van der Waals surface area contributed by atoms with Crippen LogP contribution in [0, 0.1) is 24.0 Å². The maximum Gasteiger partial charge on any atom is 0.355 e. The van der Waals surface area contributed by atoms with Gasteiger partial charge in [0.2, 0.25) is 0 Å². The third kappa shape index (κ3) is 4.32. The lowest BCUT2D eigenvalue weighted by atomic mass is 10.1. The number of H-pyrrole nitrogens is 1. The van der Waals surface area contributed by atoms with Gasteiger partial charge in [0.1, 0.15) is 11.4 Å². The summed E-state index contributed by atoms with van der Waals surface area (Å²) in [5, 5.41) is 23.2. The summed E-state index contributed by atoms with van der Waals surface area (Å²) < 4.78 is 5.17. The number of nitro groups is 1. The van der Waals surface area contributed by atoms with E-state index in [1.54, 1.807) is 26.8 Å². The van der Waals surface area contributed by atoms with Crippen LogP contribution in [0.4, 0.5) is 11.4 Å². The Balaban J connectivity index is 2.12. The number of hydrogen-bond donors (Lipinski definition) is 3. The number of aromatic nitrogens is 1. The molecule has 1 aromatic heterocycles. The van der Waals surface area contributed by atoms with Crippen LogP contribution in [-0.2, 0) is 9.53 Å². The van der Waals surface area contributed by atoms with Gasteiger partial charge in [-0.15, -0.1) is 0 Å². The summed E-state index contributed by atoms with van der Waals surface area (Å²) in [6.45, 7) is 6.33. The van der Waals surface area contributed by atoms with Crippen LogP contribution in [0.15, 0.2) is 24.3 Å². The Morgan fingerprint density at radius 2 is 1.89 bits per heavy atom. The van der Waals surface area contributed by atoms with Crippen molar-refractivity contribution >= 4 is 23.3 Å². The molecule has 0 saturated carbocycles. The normalized spacial score (nSPS) is 12.9. The molecule has 9 heteroatoms. The summed E-state index contributed by atoms with van der Waals surface area (Å²) in [6.07, 6.45) is -1.95. The van der Waals surface area contributed by atoms with Crippen molar-refractivity contribution in [3.63, 3.8) is 0 Å². The second kappa shape index (κ2) is 8.00. The minimum Gasteiger partial charge on any atom is -0.448 e. The third-order valence-corrected chi connectivity index (χ3v) is 4.13. The van der Waals surface area contributed by atoms with E-state index in [4.69, 9.17) is 4.74 Å². The number of nitrogens with one attached hydrogen (secondary N) is 2. The highest BCUT2D eigenvalue weighted by molar-refractivity contribution is 5.98. The number of anilines is 1. The number of ether oxygens (including phenoxy) is 1. The van der Waals surface area contributed by atoms with E-state index in [1.807, 2.05) is 0 Å². The molecule has 3 N–H and O–H groups in total. The van der Waals surface area contributed by atoms with Gasteiger partial charge in [-0.25, -0.2) is 4.79 Å². The lowest BCUT2D eigenvalue weighted by Crippen LogP contribution is -2.30. The second-order valence-electron chi connectivity index (χ2n) is 6.15. The van der Waals surface area contributed by atoms with Crippen LogP contribution in [0.3, 0.4) is 0 Å². The predicted molar refractivity (Wildman–Crippen MR) is 97.5 cm³/mol. The van der Waals surface area contributed by atoms with Crippen LogP contribution in [0.25, 0.3) is 0 Å². The van der Waals surface area contributed by atoms with Crippen molar-refractivity contribution < 1.29 is 24.4 Å². The zero-order valence-corrected chi connectivity index (χ0v) is 15.4. The number of esters is 1. The molecular formula is C18H21N3O6. The molecule has 27 heavy (non-hydrogen) atoms. The van der Waals surface area contributed by atoms with Gasteiger partial charge >= 0.3 is 5.97 Å². The molecular weight excluding hydrogens is 354 g/mol. The molecule has 2 aromatic rings. The van der Waals surface area contributed by atoms with E-state index in [2.05, 4.69) is 10.3 Å². The van der Waals surface area contributed by atoms with Gasteiger partial charge in [0, 0.05) is 17.3 Å². The Hall–Kier alpha value is -3.20. The van der Waals surface area contributed by atoms with Gasteiger partial charge in [-0.3, -0.25) is 14.9 Å². The SMILES string of the molecule is Cc1[nH]c(C(=O)O[C@@H](C)C(=O)Nc2ccccc2[N+](=O)[O-])c(C)c1[C@H](C)O. The van der Waals surface area contributed by atoms with E-state index in [9.17, 15) is 24.8 Å². The number of carbonyl (C=O) groups is 2. The number of aryl methyl sites for hydroxylation is 1. The molecule has 1 amide bonds. The Labute approximate surface area is 155 Å². The first-order valence-corrected chi connectivity index (χ1v) is 8.25. The van der Waals surface area contributed by atoms with Crippen LogP contribution in [0.2, 0.25) is 0 Å². The molecule has 144 valence electrons. The minimum atomic E-state index is -1.18. The van der Waals surface area contributed by atoms with Crippen molar-refractivity contribution in [1.29, 1.82) is 0 Å². The first kappa shape index (κ1) is 20.1. The van der Waals surface area contributed by atoms with E-state index in [0.717, 1.165) is 0 Å². The van der Waals surface area contributed by atoms with Crippen molar-refractivity contribution in [2.45, 2.75) is 39.9 Å². The number of rotatable bonds is 6. The van der Waals surface area contributed by atoms with Gasteiger partial charge in [0.25, 0.3) is 11.6 Å². The summed E-state index contributed by atoms with van der Waals surface area (Å²) in [6, 6.07) is 5.67. The number of aliphatic hydroxyl groups is 1. The summed E-state index contributed by atoms with van der Waals surface area (Å²) in [7, 11) is 0. The molecule has 0 aliphatic heterocycles. The Kier molecular flexibility index (Phi) is 5.96.